The number of aryl methyl sites for hydroxylation is 3. The van der Waals surface area contributed by atoms with E-state index in [9.17, 15) is 10.0 Å². The zero-order valence-corrected chi connectivity index (χ0v) is 10.7. The van der Waals surface area contributed by atoms with Gasteiger partial charge in [-0.3, -0.25) is 0 Å². The predicted molar refractivity (Wildman–Crippen MR) is 72.7 cm³/mol. The Balaban J connectivity index is 3.00. The van der Waals surface area contributed by atoms with Crippen LogP contribution in [0.25, 0.3) is 10.8 Å². The smallest absolute Gasteiger partial charge is 0.423 e. The molecule has 0 aliphatic rings. The van der Waals surface area contributed by atoms with Crippen LogP contribution >= 0.6 is 0 Å². The van der Waals surface area contributed by atoms with E-state index in [2.05, 4.69) is 13.0 Å². The summed E-state index contributed by atoms with van der Waals surface area (Å²) in [7, 11) is -1.40. The van der Waals surface area contributed by atoms with Crippen molar-refractivity contribution in [1.82, 2.24) is 0 Å². The first-order valence-corrected chi connectivity index (χ1v) is 5.80. The second-order valence-corrected chi connectivity index (χ2v) is 4.66. The number of hydrogen-bond acceptors (Lipinski definition) is 2. The topological polar surface area (TPSA) is 40.5 Å². The van der Waals surface area contributed by atoms with Crippen molar-refractivity contribution in [3.63, 3.8) is 0 Å². The molecule has 2 rings (SSSR count). The minimum Gasteiger partial charge on any atom is -0.423 e. The van der Waals surface area contributed by atoms with Crippen molar-refractivity contribution in [2.45, 2.75) is 27.7 Å². The molecule has 0 amide bonds. The van der Waals surface area contributed by atoms with Crippen molar-refractivity contribution in [1.29, 1.82) is 0 Å². The van der Waals surface area contributed by atoms with Crippen LogP contribution < -0.4 is 5.46 Å². The van der Waals surface area contributed by atoms with Gasteiger partial charge in [0.1, 0.15) is 0 Å². The number of hydrogen-bond donors (Lipinski definition) is 2. The Kier molecular flexibility index (Phi) is 2.98. The summed E-state index contributed by atoms with van der Waals surface area (Å²) < 4.78 is 0. The highest BCUT2D eigenvalue weighted by Gasteiger charge is 2.21. The Hall–Kier alpha value is -1.32. The van der Waals surface area contributed by atoms with E-state index in [0.29, 0.717) is 5.46 Å². The van der Waals surface area contributed by atoms with Crippen LogP contribution in [0.1, 0.15) is 22.3 Å². The van der Waals surface area contributed by atoms with Crippen molar-refractivity contribution in [3.8, 4) is 0 Å². The highest BCUT2D eigenvalue weighted by Crippen LogP contribution is 2.26. The molecule has 0 saturated heterocycles. The summed E-state index contributed by atoms with van der Waals surface area (Å²) in [5, 5.41) is 21.3. The molecule has 0 radical (unpaired) electrons. The maximum atomic E-state index is 9.49. The second-order valence-electron chi connectivity index (χ2n) is 4.66. The summed E-state index contributed by atoms with van der Waals surface area (Å²) in [6, 6.07) is 6.13. The van der Waals surface area contributed by atoms with E-state index in [1.54, 1.807) is 0 Å². The molecule has 2 nitrogen and oxygen atoms in total. The monoisotopic (exact) mass is 228 g/mol. The average Bonchev–Trinajstić information content (AvgIpc) is 2.25. The third kappa shape index (κ3) is 1.76. The summed E-state index contributed by atoms with van der Waals surface area (Å²) in [4.78, 5) is 0. The van der Waals surface area contributed by atoms with Gasteiger partial charge in [0.2, 0.25) is 0 Å². The van der Waals surface area contributed by atoms with Gasteiger partial charge in [-0.05, 0) is 66.2 Å². The first-order chi connectivity index (χ1) is 7.95. The van der Waals surface area contributed by atoms with Crippen LogP contribution in [0, 0.1) is 27.7 Å². The molecule has 88 valence electrons. The van der Waals surface area contributed by atoms with Gasteiger partial charge in [-0.25, -0.2) is 0 Å². The standard InChI is InChI=1S/C14H17BO2/c1-8-6-5-7-12-11(4)14(15(16)17)10(3)9(2)13(8)12/h5-7,16-17H,1-4H3. The molecule has 17 heavy (non-hydrogen) atoms. The predicted octanol–water partition coefficient (Wildman–Crippen LogP) is 1.75. The average molecular weight is 228 g/mol. The molecular weight excluding hydrogens is 211 g/mol. The fraction of sp³-hybridized carbons (Fsp3) is 0.286. The SMILES string of the molecule is Cc1c(B(O)O)c(C)c2cccc(C)c2c1C. The van der Waals surface area contributed by atoms with Gasteiger partial charge in [0, 0.05) is 0 Å². The molecule has 0 aliphatic carbocycles. The van der Waals surface area contributed by atoms with E-state index >= 15 is 0 Å². The molecule has 2 aromatic rings. The molecule has 0 aliphatic heterocycles. The Morgan fingerprint density at radius 1 is 0.882 bits per heavy atom. The Labute approximate surface area is 102 Å². The lowest BCUT2D eigenvalue weighted by Crippen LogP contribution is -2.35. The molecule has 0 fully saturated rings. The molecule has 0 aromatic heterocycles. The number of benzene rings is 2. The molecule has 0 bridgehead atoms. The van der Waals surface area contributed by atoms with Crippen LogP contribution in [0.2, 0.25) is 0 Å². The Morgan fingerprint density at radius 3 is 2.12 bits per heavy atom. The molecule has 2 N–H and O–H groups in total. The number of fused-ring (bicyclic) bond motifs is 1. The van der Waals surface area contributed by atoms with Crippen molar-refractivity contribution in [2.24, 2.45) is 0 Å². The first kappa shape index (κ1) is 12.2. The quantitative estimate of drug-likeness (QED) is 0.730. The molecule has 0 saturated carbocycles. The van der Waals surface area contributed by atoms with Gasteiger partial charge in [-0.15, -0.1) is 0 Å². The largest absolute Gasteiger partial charge is 0.488 e. The van der Waals surface area contributed by atoms with Crippen molar-refractivity contribution in [3.05, 3.63) is 40.5 Å². The van der Waals surface area contributed by atoms with Gasteiger partial charge in [0.25, 0.3) is 0 Å². The lowest BCUT2D eigenvalue weighted by atomic mass is 9.71. The van der Waals surface area contributed by atoms with E-state index < -0.39 is 7.12 Å². The van der Waals surface area contributed by atoms with E-state index in [4.69, 9.17) is 0 Å². The van der Waals surface area contributed by atoms with Crippen LogP contribution in [0.5, 0.6) is 0 Å². The lowest BCUT2D eigenvalue weighted by Gasteiger charge is -2.17. The van der Waals surface area contributed by atoms with E-state index in [1.165, 1.54) is 10.9 Å². The summed E-state index contributed by atoms with van der Waals surface area (Å²) in [6.07, 6.45) is 0. The summed E-state index contributed by atoms with van der Waals surface area (Å²) in [5.74, 6) is 0. The number of rotatable bonds is 1. The van der Waals surface area contributed by atoms with Crippen LogP contribution in [-0.2, 0) is 0 Å². The van der Waals surface area contributed by atoms with Gasteiger partial charge < -0.3 is 10.0 Å². The highest BCUT2D eigenvalue weighted by atomic mass is 16.4. The molecule has 3 heteroatoms. The van der Waals surface area contributed by atoms with Crippen LogP contribution in [-0.4, -0.2) is 17.2 Å². The first-order valence-electron chi connectivity index (χ1n) is 5.80. The minimum absolute atomic E-state index is 0.639. The van der Waals surface area contributed by atoms with Gasteiger partial charge >= 0.3 is 7.12 Å². The maximum Gasteiger partial charge on any atom is 0.488 e. The summed E-state index contributed by atoms with van der Waals surface area (Å²) >= 11 is 0. The molecule has 0 unspecified atom stereocenters. The lowest BCUT2D eigenvalue weighted by molar-refractivity contribution is 0.425. The van der Waals surface area contributed by atoms with Gasteiger partial charge in [0.05, 0.1) is 0 Å². The Bertz CT molecular complexity index is 589. The van der Waals surface area contributed by atoms with E-state index in [1.807, 2.05) is 32.9 Å². The van der Waals surface area contributed by atoms with E-state index in [0.717, 1.165) is 22.1 Å². The maximum absolute atomic E-state index is 9.49. The van der Waals surface area contributed by atoms with Crippen molar-refractivity contribution in [2.75, 3.05) is 0 Å². The molecule has 0 heterocycles. The van der Waals surface area contributed by atoms with Gasteiger partial charge in [-0.1, -0.05) is 18.2 Å². The van der Waals surface area contributed by atoms with Crippen molar-refractivity contribution >= 4 is 23.4 Å². The Morgan fingerprint density at radius 2 is 1.53 bits per heavy atom. The summed E-state index contributed by atoms with van der Waals surface area (Å²) in [6.45, 7) is 8.02. The fourth-order valence-electron chi connectivity index (χ4n) is 2.68. The summed E-state index contributed by atoms with van der Waals surface area (Å²) in [5.41, 5.74) is 4.93. The van der Waals surface area contributed by atoms with Crippen LogP contribution in [0.4, 0.5) is 0 Å². The zero-order valence-electron chi connectivity index (χ0n) is 10.7. The van der Waals surface area contributed by atoms with Crippen LogP contribution in [0.3, 0.4) is 0 Å². The van der Waals surface area contributed by atoms with Crippen molar-refractivity contribution < 1.29 is 10.0 Å². The molecule has 2 aromatic carbocycles. The third-order valence-electron chi connectivity index (χ3n) is 3.68. The van der Waals surface area contributed by atoms with E-state index in [-0.39, 0.29) is 0 Å². The zero-order chi connectivity index (χ0) is 12.7. The normalized spacial score (nSPS) is 10.9. The second kappa shape index (κ2) is 4.17. The molecular formula is C14H17BO2. The van der Waals surface area contributed by atoms with Gasteiger partial charge in [0.15, 0.2) is 0 Å². The highest BCUT2D eigenvalue weighted by molar-refractivity contribution is 6.60. The fourth-order valence-corrected chi connectivity index (χ4v) is 2.68. The third-order valence-corrected chi connectivity index (χ3v) is 3.68. The molecule has 0 spiro atoms. The molecule has 0 atom stereocenters. The minimum atomic E-state index is -1.40. The van der Waals surface area contributed by atoms with Gasteiger partial charge in [-0.2, -0.15) is 0 Å². The van der Waals surface area contributed by atoms with Crippen LogP contribution in [0.15, 0.2) is 18.2 Å².